The van der Waals surface area contributed by atoms with Crippen LogP contribution in [0.4, 0.5) is 0 Å². The summed E-state index contributed by atoms with van der Waals surface area (Å²) in [5.74, 6) is 0.0785. The molecule has 0 saturated heterocycles. The maximum Gasteiger partial charge on any atom is 0.252 e. The Kier molecular flexibility index (Phi) is 5.87. The molecule has 2 aromatic rings. The molecule has 0 fully saturated rings. The van der Waals surface area contributed by atoms with E-state index in [1.165, 1.54) is 22.5 Å². The molecule has 1 atom stereocenters. The smallest absolute Gasteiger partial charge is 0.252 e. The van der Waals surface area contributed by atoms with Crippen molar-refractivity contribution in [2.45, 2.75) is 38.1 Å². The van der Waals surface area contributed by atoms with Crippen molar-refractivity contribution in [1.29, 1.82) is 0 Å². The molecule has 5 heteroatoms. The topological polar surface area (TPSA) is 49.4 Å². The van der Waals surface area contributed by atoms with E-state index in [9.17, 15) is 9.59 Å². The SMILES string of the molecule is CN(C(=O)CCCNC(=O)c1ccsc1)C1CCCc2ccccc21. The molecule has 0 spiro atoms. The average molecular weight is 356 g/mol. The van der Waals surface area contributed by atoms with Crippen LogP contribution in [0.1, 0.15) is 53.2 Å². The molecule has 3 rings (SSSR count). The predicted octanol–water partition coefficient (Wildman–Crippen LogP) is 3.79. The molecule has 1 heterocycles. The van der Waals surface area contributed by atoms with Gasteiger partial charge in [-0.3, -0.25) is 9.59 Å². The highest BCUT2D eigenvalue weighted by atomic mass is 32.1. The van der Waals surface area contributed by atoms with Crippen molar-refractivity contribution in [3.63, 3.8) is 0 Å². The molecule has 1 aromatic heterocycles. The normalized spacial score (nSPS) is 16.1. The molecule has 25 heavy (non-hydrogen) atoms. The van der Waals surface area contributed by atoms with E-state index in [0.717, 1.165) is 19.3 Å². The Hall–Kier alpha value is -2.14. The number of fused-ring (bicyclic) bond motifs is 1. The van der Waals surface area contributed by atoms with Gasteiger partial charge in [0, 0.05) is 31.0 Å². The Morgan fingerprint density at radius 2 is 2.12 bits per heavy atom. The number of nitrogens with zero attached hydrogens (tertiary/aromatic N) is 1. The van der Waals surface area contributed by atoms with E-state index < -0.39 is 0 Å². The zero-order valence-corrected chi connectivity index (χ0v) is 15.3. The van der Waals surface area contributed by atoms with Crippen LogP contribution < -0.4 is 5.32 Å². The number of carbonyl (C=O) groups is 2. The van der Waals surface area contributed by atoms with Crippen LogP contribution in [0.25, 0.3) is 0 Å². The van der Waals surface area contributed by atoms with Crippen LogP contribution in [0.2, 0.25) is 0 Å². The summed E-state index contributed by atoms with van der Waals surface area (Å²) < 4.78 is 0. The highest BCUT2D eigenvalue weighted by molar-refractivity contribution is 7.08. The summed E-state index contributed by atoms with van der Waals surface area (Å²) in [6.07, 6.45) is 4.36. The van der Waals surface area contributed by atoms with Gasteiger partial charge in [0.1, 0.15) is 0 Å². The number of rotatable bonds is 6. The molecule has 132 valence electrons. The van der Waals surface area contributed by atoms with Crippen LogP contribution >= 0.6 is 11.3 Å². The first-order chi connectivity index (χ1) is 12.2. The third-order valence-corrected chi connectivity index (χ3v) is 5.52. The molecule has 0 radical (unpaired) electrons. The molecule has 1 N–H and O–H groups in total. The van der Waals surface area contributed by atoms with Crippen LogP contribution in [0.3, 0.4) is 0 Å². The van der Waals surface area contributed by atoms with Crippen LogP contribution in [0, 0.1) is 0 Å². The first-order valence-electron chi connectivity index (χ1n) is 8.80. The number of aryl methyl sites for hydroxylation is 1. The number of hydrogen-bond donors (Lipinski definition) is 1. The standard InChI is InChI=1S/C20H24N2O2S/c1-22(18-9-4-7-15-6-2-3-8-17(15)18)19(23)10-5-12-21-20(24)16-11-13-25-14-16/h2-3,6,8,11,13-14,18H,4-5,7,9-10,12H2,1H3,(H,21,24). The van der Waals surface area contributed by atoms with Crippen LogP contribution in [-0.4, -0.2) is 30.3 Å². The van der Waals surface area contributed by atoms with Crippen molar-refractivity contribution in [3.8, 4) is 0 Å². The van der Waals surface area contributed by atoms with Crippen molar-refractivity contribution >= 4 is 23.2 Å². The molecular formula is C20H24N2O2S. The summed E-state index contributed by atoms with van der Waals surface area (Å²) in [6.45, 7) is 0.523. The van der Waals surface area contributed by atoms with Crippen molar-refractivity contribution in [2.24, 2.45) is 0 Å². The second-order valence-electron chi connectivity index (χ2n) is 6.48. The number of hydrogen-bond acceptors (Lipinski definition) is 3. The fourth-order valence-corrected chi connectivity index (χ4v) is 4.05. The second kappa shape index (κ2) is 8.30. The zero-order valence-electron chi connectivity index (χ0n) is 14.5. The van der Waals surface area contributed by atoms with Gasteiger partial charge in [0.2, 0.25) is 5.91 Å². The minimum absolute atomic E-state index is 0.0664. The highest BCUT2D eigenvalue weighted by Gasteiger charge is 2.26. The van der Waals surface area contributed by atoms with Crippen molar-refractivity contribution < 1.29 is 9.59 Å². The molecule has 0 saturated carbocycles. The number of benzene rings is 1. The molecule has 4 nitrogen and oxygen atoms in total. The summed E-state index contributed by atoms with van der Waals surface area (Å²) in [5, 5.41) is 6.58. The lowest BCUT2D eigenvalue weighted by Gasteiger charge is -2.33. The summed E-state index contributed by atoms with van der Waals surface area (Å²) in [4.78, 5) is 26.3. The van der Waals surface area contributed by atoms with Gasteiger partial charge in [-0.15, -0.1) is 0 Å². The van der Waals surface area contributed by atoms with Gasteiger partial charge in [-0.1, -0.05) is 24.3 Å². The molecule has 1 aliphatic carbocycles. The predicted molar refractivity (Wildman–Crippen MR) is 101 cm³/mol. The Morgan fingerprint density at radius 3 is 2.92 bits per heavy atom. The minimum atomic E-state index is -0.0664. The molecule has 1 aromatic carbocycles. The molecule has 2 amide bonds. The summed E-state index contributed by atoms with van der Waals surface area (Å²) in [6, 6.07) is 10.4. The van der Waals surface area contributed by atoms with Gasteiger partial charge in [0.15, 0.2) is 0 Å². The lowest BCUT2D eigenvalue weighted by atomic mass is 9.87. The van der Waals surface area contributed by atoms with Crippen molar-refractivity contribution in [3.05, 3.63) is 57.8 Å². The third kappa shape index (κ3) is 4.28. The van der Waals surface area contributed by atoms with Gasteiger partial charge >= 0.3 is 0 Å². The van der Waals surface area contributed by atoms with E-state index in [0.29, 0.717) is 24.9 Å². The Labute approximate surface area is 152 Å². The van der Waals surface area contributed by atoms with Crippen LogP contribution in [-0.2, 0) is 11.2 Å². The number of thiophene rings is 1. The third-order valence-electron chi connectivity index (χ3n) is 4.84. The van der Waals surface area contributed by atoms with E-state index >= 15 is 0 Å². The summed E-state index contributed by atoms with van der Waals surface area (Å²) in [5.41, 5.74) is 3.34. The minimum Gasteiger partial charge on any atom is -0.352 e. The first kappa shape index (κ1) is 17.7. The van der Waals surface area contributed by atoms with E-state index in [-0.39, 0.29) is 17.9 Å². The van der Waals surface area contributed by atoms with E-state index in [1.807, 2.05) is 22.7 Å². The highest BCUT2D eigenvalue weighted by Crippen LogP contribution is 2.33. The summed E-state index contributed by atoms with van der Waals surface area (Å²) in [7, 11) is 1.90. The van der Waals surface area contributed by atoms with Gasteiger partial charge < -0.3 is 10.2 Å². The average Bonchev–Trinajstić information content (AvgIpc) is 3.18. The van der Waals surface area contributed by atoms with Gasteiger partial charge in [0.25, 0.3) is 5.91 Å². The van der Waals surface area contributed by atoms with Gasteiger partial charge in [-0.2, -0.15) is 11.3 Å². The Morgan fingerprint density at radius 1 is 1.28 bits per heavy atom. The number of nitrogens with one attached hydrogen (secondary N) is 1. The first-order valence-corrected chi connectivity index (χ1v) is 9.75. The van der Waals surface area contributed by atoms with Gasteiger partial charge in [-0.25, -0.2) is 0 Å². The lowest BCUT2D eigenvalue weighted by Crippen LogP contribution is -2.34. The van der Waals surface area contributed by atoms with Crippen molar-refractivity contribution in [1.82, 2.24) is 10.2 Å². The van der Waals surface area contributed by atoms with Crippen molar-refractivity contribution in [2.75, 3.05) is 13.6 Å². The second-order valence-corrected chi connectivity index (χ2v) is 7.26. The fraction of sp³-hybridized carbons (Fsp3) is 0.400. The van der Waals surface area contributed by atoms with Gasteiger partial charge in [0.05, 0.1) is 6.04 Å². The van der Waals surface area contributed by atoms with Crippen LogP contribution in [0.15, 0.2) is 41.1 Å². The lowest BCUT2D eigenvalue weighted by molar-refractivity contribution is -0.132. The zero-order chi connectivity index (χ0) is 17.6. The van der Waals surface area contributed by atoms with Gasteiger partial charge in [-0.05, 0) is 48.3 Å². The fourth-order valence-electron chi connectivity index (χ4n) is 3.42. The number of carbonyl (C=O) groups excluding carboxylic acids is 2. The molecule has 0 bridgehead atoms. The molecular weight excluding hydrogens is 332 g/mol. The molecule has 1 unspecified atom stereocenters. The Balaban J connectivity index is 1.48. The molecule has 1 aliphatic rings. The quantitative estimate of drug-likeness (QED) is 0.801. The van der Waals surface area contributed by atoms with E-state index in [2.05, 4.69) is 29.6 Å². The van der Waals surface area contributed by atoms with Crippen LogP contribution in [0.5, 0.6) is 0 Å². The van der Waals surface area contributed by atoms with E-state index in [1.54, 1.807) is 6.07 Å². The number of amides is 2. The maximum atomic E-state index is 12.5. The monoisotopic (exact) mass is 356 g/mol. The maximum absolute atomic E-state index is 12.5. The summed E-state index contributed by atoms with van der Waals surface area (Å²) >= 11 is 1.50. The Bertz CT molecular complexity index is 727. The molecule has 0 aliphatic heterocycles. The van der Waals surface area contributed by atoms with E-state index in [4.69, 9.17) is 0 Å². The largest absolute Gasteiger partial charge is 0.352 e.